The van der Waals surface area contributed by atoms with Gasteiger partial charge in [-0.15, -0.1) is 12.4 Å². The lowest BCUT2D eigenvalue weighted by Gasteiger charge is -2.12. The molecule has 0 radical (unpaired) electrons. The Morgan fingerprint density at radius 3 is 2.50 bits per heavy atom. The Labute approximate surface area is 132 Å². The minimum atomic E-state index is -1.17. The maximum atomic E-state index is 12.2. The standard InChI is InChI=1S/C14H14N4O3.ClH/c15-11(19)14(5-6-14)12(20)21-10-4-2-1-3-8(10)9-7-17-13(16)18-9;/h1-4,7H,5-6H2,(H2,15,19)(H3,16,17,18);1H. The summed E-state index contributed by atoms with van der Waals surface area (Å²) >= 11 is 0. The SMILES string of the molecule is Cl.NC(=O)C1(C(=O)Oc2ccccc2-c2cnc(N)[nH]2)CC1. The number of nitrogens with one attached hydrogen (secondary N) is 1. The summed E-state index contributed by atoms with van der Waals surface area (Å²) in [6.45, 7) is 0. The number of hydrogen-bond acceptors (Lipinski definition) is 5. The summed E-state index contributed by atoms with van der Waals surface area (Å²) in [4.78, 5) is 30.3. The number of benzene rings is 1. The van der Waals surface area contributed by atoms with E-state index in [0.717, 1.165) is 0 Å². The number of para-hydroxylation sites is 1. The minimum absolute atomic E-state index is 0. The molecule has 1 aromatic carbocycles. The molecule has 0 saturated heterocycles. The highest BCUT2D eigenvalue weighted by Gasteiger charge is 2.57. The molecule has 8 heteroatoms. The zero-order valence-electron chi connectivity index (χ0n) is 11.5. The molecule has 0 atom stereocenters. The summed E-state index contributed by atoms with van der Waals surface area (Å²) in [5.74, 6) is -0.661. The molecule has 1 aromatic heterocycles. The van der Waals surface area contributed by atoms with E-state index in [4.69, 9.17) is 16.2 Å². The first-order chi connectivity index (χ1) is 10.0. The summed E-state index contributed by atoms with van der Waals surface area (Å²) in [5.41, 5.74) is 10.9. The molecule has 5 N–H and O–H groups in total. The first-order valence-electron chi connectivity index (χ1n) is 6.45. The van der Waals surface area contributed by atoms with Crippen LogP contribution < -0.4 is 16.2 Å². The van der Waals surface area contributed by atoms with Crippen LogP contribution in [-0.2, 0) is 9.59 Å². The molecule has 22 heavy (non-hydrogen) atoms. The van der Waals surface area contributed by atoms with Crippen molar-refractivity contribution in [1.29, 1.82) is 0 Å². The van der Waals surface area contributed by atoms with Crippen LogP contribution in [0.4, 0.5) is 5.95 Å². The Hall–Kier alpha value is -2.54. The lowest BCUT2D eigenvalue weighted by atomic mass is 10.1. The third kappa shape index (κ3) is 2.62. The number of hydrogen-bond donors (Lipinski definition) is 3. The summed E-state index contributed by atoms with van der Waals surface area (Å²) in [7, 11) is 0. The zero-order valence-corrected chi connectivity index (χ0v) is 12.4. The number of nitrogens with zero attached hydrogens (tertiary/aromatic N) is 1. The molecule has 0 bridgehead atoms. The Bertz CT molecular complexity index is 724. The Morgan fingerprint density at radius 2 is 1.95 bits per heavy atom. The van der Waals surface area contributed by atoms with Crippen LogP contribution in [0.3, 0.4) is 0 Å². The second kappa shape index (κ2) is 5.69. The highest BCUT2D eigenvalue weighted by atomic mass is 35.5. The number of carbonyl (C=O) groups excluding carboxylic acids is 2. The average molecular weight is 323 g/mol. The van der Waals surface area contributed by atoms with E-state index < -0.39 is 17.3 Å². The fraction of sp³-hybridized carbons (Fsp3) is 0.214. The third-order valence-electron chi connectivity index (χ3n) is 3.59. The van der Waals surface area contributed by atoms with Crippen molar-refractivity contribution in [2.24, 2.45) is 11.1 Å². The van der Waals surface area contributed by atoms with E-state index >= 15 is 0 Å². The molecule has 3 rings (SSSR count). The van der Waals surface area contributed by atoms with Crippen molar-refractivity contribution in [3.8, 4) is 17.0 Å². The summed E-state index contributed by atoms with van der Waals surface area (Å²) < 4.78 is 5.37. The van der Waals surface area contributed by atoms with Gasteiger partial charge in [0.05, 0.1) is 11.9 Å². The number of aromatic nitrogens is 2. The molecule has 0 spiro atoms. The van der Waals surface area contributed by atoms with E-state index in [0.29, 0.717) is 29.8 Å². The molecule has 1 aliphatic rings. The lowest BCUT2D eigenvalue weighted by Crippen LogP contribution is -2.35. The van der Waals surface area contributed by atoms with E-state index in [1.807, 2.05) is 0 Å². The van der Waals surface area contributed by atoms with Gasteiger partial charge in [-0.05, 0) is 25.0 Å². The number of nitrogen functional groups attached to an aromatic ring is 1. The lowest BCUT2D eigenvalue weighted by molar-refractivity contribution is -0.145. The number of esters is 1. The van der Waals surface area contributed by atoms with E-state index in [2.05, 4.69) is 9.97 Å². The molecule has 7 nitrogen and oxygen atoms in total. The summed E-state index contributed by atoms with van der Waals surface area (Å²) in [6.07, 6.45) is 2.41. The highest BCUT2D eigenvalue weighted by Crippen LogP contribution is 2.47. The van der Waals surface area contributed by atoms with Crippen molar-refractivity contribution in [1.82, 2.24) is 9.97 Å². The fourth-order valence-electron chi connectivity index (χ4n) is 2.13. The topological polar surface area (TPSA) is 124 Å². The third-order valence-corrected chi connectivity index (χ3v) is 3.59. The van der Waals surface area contributed by atoms with Crippen molar-refractivity contribution in [3.05, 3.63) is 30.5 Å². The van der Waals surface area contributed by atoms with E-state index in [9.17, 15) is 9.59 Å². The smallest absolute Gasteiger partial charge is 0.327 e. The van der Waals surface area contributed by atoms with Crippen LogP contribution in [0.15, 0.2) is 30.5 Å². The first kappa shape index (κ1) is 15.8. The van der Waals surface area contributed by atoms with Gasteiger partial charge in [0.1, 0.15) is 11.2 Å². The largest absolute Gasteiger partial charge is 0.425 e. The molecular formula is C14H15ClN4O3. The van der Waals surface area contributed by atoms with Gasteiger partial charge in [-0.25, -0.2) is 4.98 Å². The van der Waals surface area contributed by atoms with Crippen LogP contribution >= 0.6 is 12.4 Å². The van der Waals surface area contributed by atoms with Crippen LogP contribution in [0.1, 0.15) is 12.8 Å². The van der Waals surface area contributed by atoms with Crippen LogP contribution in [-0.4, -0.2) is 21.8 Å². The monoisotopic (exact) mass is 322 g/mol. The number of ether oxygens (including phenoxy) is 1. The number of aromatic amines is 1. The van der Waals surface area contributed by atoms with Crippen molar-refractivity contribution in [2.75, 3.05) is 5.73 Å². The van der Waals surface area contributed by atoms with Gasteiger partial charge in [0.2, 0.25) is 5.91 Å². The van der Waals surface area contributed by atoms with Gasteiger partial charge in [-0.3, -0.25) is 9.59 Å². The van der Waals surface area contributed by atoms with Gasteiger partial charge < -0.3 is 21.2 Å². The minimum Gasteiger partial charge on any atom is -0.425 e. The molecule has 1 heterocycles. The van der Waals surface area contributed by atoms with Gasteiger partial charge in [-0.2, -0.15) is 0 Å². The molecule has 2 aromatic rings. The molecular weight excluding hydrogens is 308 g/mol. The number of carbonyl (C=O) groups is 2. The quantitative estimate of drug-likeness (QED) is 0.444. The number of imidazole rings is 1. The molecule has 0 unspecified atom stereocenters. The van der Waals surface area contributed by atoms with Gasteiger partial charge in [0.25, 0.3) is 0 Å². The normalized spacial score (nSPS) is 14.7. The van der Waals surface area contributed by atoms with Crippen molar-refractivity contribution in [3.63, 3.8) is 0 Å². The second-order valence-corrected chi connectivity index (χ2v) is 5.01. The highest BCUT2D eigenvalue weighted by molar-refractivity contribution is 6.05. The maximum Gasteiger partial charge on any atom is 0.327 e. The number of H-pyrrole nitrogens is 1. The Balaban J connectivity index is 0.00000176. The number of nitrogens with two attached hydrogens (primary N) is 2. The predicted molar refractivity (Wildman–Crippen MR) is 82.2 cm³/mol. The van der Waals surface area contributed by atoms with E-state index in [1.54, 1.807) is 30.5 Å². The van der Waals surface area contributed by atoms with Crippen LogP contribution in [0.2, 0.25) is 0 Å². The van der Waals surface area contributed by atoms with Crippen LogP contribution in [0.5, 0.6) is 5.75 Å². The molecule has 1 aliphatic carbocycles. The Kier molecular flexibility index (Phi) is 4.09. The second-order valence-electron chi connectivity index (χ2n) is 5.01. The molecule has 0 aliphatic heterocycles. The summed E-state index contributed by atoms with van der Waals surface area (Å²) in [6, 6.07) is 6.93. The van der Waals surface area contributed by atoms with Crippen molar-refractivity contribution >= 4 is 30.2 Å². The average Bonchev–Trinajstić information content (AvgIpc) is 3.17. The Morgan fingerprint density at radius 1 is 1.27 bits per heavy atom. The molecule has 116 valence electrons. The zero-order chi connectivity index (χ0) is 15.0. The van der Waals surface area contributed by atoms with E-state index in [-0.39, 0.29) is 18.4 Å². The molecule has 1 amide bonds. The predicted octanol–water partition coefficient (Wildman–Crippen LogP) is 1.25. The summed E-state index contributed by atoms with van der Waals surface area (Å²) in [5, 5.41) is 0. The van der Waals surface area contributed by atoms with Crippen LogP contribution in [0.25, 0.3) is 11.3 Å². The number of halogens is 1. The number of rotatable bonds is 4. The van der Waals surface area contributed by atoms with Gasteiger partial charge in [0, 0.05) is 5.56 Å². The van der Waals surface area contributed by atoms with Gasteiger partial charge in [-0.1, -0.05) is 12.1 Å². The number of anilines is 1. The molecule has 1 saturated carbocycles. The van der Waals surface area contributed by atoms with Gasteiger partial charge >= 0.3 is 5.97 Å². The van der Waals surface area contributed by atoms with Gasteiger partial charge in [0.15, 0.2) is 5.95 Å². The van der Waals surface area contributed by atoms with E-state index in [1.165, 1.54) is 0 Å². The van der Waals surface area contributed by atoms with Crippen molar-refractivity contribution in [2.45, 2.75) is 12.8 Å². The number of primary amides is 1. The molecule has 1 fully saturated rings. The maximum absolute atomic E-state index is 12.2. The fourth-order valence-corrected chi connectivity index (χ4v) is 2.13. The number of amides is 1. The van der Waals surface area contributed by atoms with Crippen molar-refractivity contribution < 1.29 is 14.3 Å². The van der Waals surface area contributed by atoms with Crippen LogP contribution in [0, 0.1) is 5.41 Å². The first-order valence-corrected chi connectivity index (χ1v) is 6.45.